The zero-order valence-electron chi connectivity index (χ0n) is 16.7. The molecule has 1 aromatic rings. The predicted molar refractivity (Wildman–Crippen MR) is 107 cm³/mol. The summed E-state index contributed by atoms with van der Waals surface area (Å²) in [5, 5.41) is 11.7. The van der Waals surface area contributed by atoms with Crippen LogP contribution in [0.3, 0.4) is 0 Å². The summed E-state index contributed by atoms with van der Waals surface area (Å²) in [6, 6.07) is 11.4. The molecule has 0 heterocycles. The maximum atomic E-state index is 11.7. The van der Waals surface area contributed by atoms with Crippen LogP contribution in [0.5, 0.6) is 0 Å². The van der Waals surface area contributed by atoms with E-state index in [1.165, 1.54) is 0 Å². The van der Waals surface area contributed by atoms with Crippen molar-refractivity contribution >= 4 is 16.6 Å². The van der Waals surface area contributed by atoms with Crippen molar-refractivity contribution in [2.45, 2.75) is 83.8 Å². The molecule has 138 valence electrons. The Morgan fingerprint density at radius 2 is 1.21 bits per heavy atom. The number of hydrogen-bond acceptors (Lipinski definition) is 3. The Kier molecular flexibility index (Phi) is 7.44. The van der Waals surface area contributed by atoms with Crippen molar-refractivity contribution in [2.75, 3.05) is 0 Å². The van der Waals surface area contributed by atoms with Crippen LogP contribution in [0.2, 0.25) is 38.3 Å². The van der Waals surface area contributed by atoms with Crippen LogP contribution in [0.1, 0.15) is 33.3 Å². The van der Waals surface area contributed by atoms with E-state index in [-0.39, 0.29) is 12.2 Å². The Morgan fingerprint density at radius 1 is 0.833 bits per heavy atom. The summed E-state index contributed by atoms with van der Waals surface area (Å²) in [4.78, 5) is 0. The first kappa shape index (κ1) is 21.6. The quantitative estimate of drug-likeness (QED) is 0.614. The Bertz CT molecular complexity index is 475. The summed E-state index contributed by atoms with van der Waals surface area (Å²) >= 11 is 0. The first-order valence-corrected chi connectivity index (χ1v) is 15.2. The Hall–Kier alpha value is -0.466. The van der Waals surface area contributed by atoms with Gasteiger partial charge in [0, 0.05) is 12.2 Å². The molecule has 0 aliphatic carbocycles. The van der Waals surface area contributed by atoms with Gasteiger partial charge in [-0.2, -0.15) is 0 Å². The van der Waals surface area contributed by atoms with Crippen LogP contribution in [-0.2, 0) is 14.5 Å². The molecule has 0 amide bonds. The number of aliphatic hydroxyl groups is 1. The van der Waals surface area contributed by atoms with Gasteiger partial charge in [0.2, 0.25) is 0 Å². The summed E-state index contributed by atoms with van der Waals surface area (Å²) in [5.74, 6) is 0. The fourth-order valence-electron chi connectivity index (χ4n) is 3.78. The van der Waals surface area contributed by atoms with E-state index < -0.39 is 22.2 Å². The largest absolute Gasteiger partial charge is 0.415 e. The molecule has 5 heteroatoms. The summed E-state index contributed by atoms with van der Waals surface area (Å²) < 4.78 is 12.4. The first-order valence-electron chi connectivity index (χ1n) is 8.99. The van der Waals surface area contributed by atoms with E-state index in [2.05, 4.69) is 53.9 Å². The average Bonchev–Trinajstić information content (AvgIpc) is 2.34. The molecule has 0 saturated carbocycles. The van der Waals surface area contributed by atoms with Crippen LogP contribution in [0, 0.1) is 0 Å². The molecule has 1 rings (SSSR count). The van der Waals surface area contributed by atoms with Crippen molar-refractivity contribution in [1.82, 2.24) is 0 Å². The van der Waals surface area contributed by atoms with Gasteiger partial charge in [-0.3, -0.25) is 0 Å². The SMILES string of the molecule is CC(C)O[Si](C)(C)CC(O)(C[Si](C)(C)OC(C)C)c1ccccc1. The zero-order valence-corrected chi connectivity index (χ0v) is 18.7. The van der Waals surface area contributed by atoms with Crippen molar-refractivity contribution in [3.05, 3.63) is 35.9 Å². The van der Waals surface area contributed by atoms with Crippen LogP contribution < -0.4 is 0 Å². The van der Waals surface area contributed by atoms with Crippen molar-refractivity contribution in [2.24, 2.45) is 0 Å². The molecular formula is C19H36O3Si2. The fraction of sp³-hybridized carbons (Fsp3) is 0.684. The highest BCUT2D eigenvalue weighted by Crippen LogP contribution is 2.39. The highest BCUT2D eigenvalue weighted by Gasteiger charge is 2.44. The summed E-state index contributed by atoms with van der Waals surface area (Å²) in [7, 11) is -4.02. The van der Waals surface area contributed by atoms with E-state index in [1.807, 2.05) is 30.3 Å². The highest BCUT2D eigenvalue weighted by atomic mass is 28.4. The van der Waals surface area contributed by atoms with E-state index in [4.69, 9.17) is 8.85 Å². The molecule has 24 heavy (non-hydrogen) atoms. The lowest BCUT2D eigenvalue weighted by Crippen LogP contribution is -2.47. The van der Waals surface area contributed by atoms with Gasteiger partial charge in [-0.15, -0.1) is 0 Å². The third-order valence-corrected chi connectivity index (χ3v) is 8.95. The third kappa shape index (κ3) is 7.19. The van der Waals surface area contributed by atoms with Gasteiger partial charge < -0.3 is 14.0 Å². The van der Waals surface area contributed by atoms with Gasteiger partial charge in [-0.05, 0) is 71.5 Å². The first-order chi connectivity index (χ1) is 10.9. The molecule has 0 aliphatic heterocycles. The summed E-state index contributed by atoms with van der Waals surface area (Å²) in [5.41, 5.74) is 0.0853. The number of rotatable bonds is 9. The molecule has 0 saturated heterocycles. The minimum Gasteiger partial charge on any atom is -0.415 e. The van der Waals surface area contributed by atoms with Crippen LogP contribution in [0.25, 0.3) is 0 Å². The molecule has 0 aromatic heterocycles. The van der Waals surface area contributed by atoms with Crippen molar-refractivity contribution in [3.63, 3.8) is 0 Å². The van der Waals surface area contributed by atoms with Crippen LogP contribution in [-0.4, -0.2) is 33.9 Å². The minimum absolute atomic E-state index is 0.184. The fourth-order valence-corrected chi connectivity index (χ4v) is 10.2. The molecule has 0 aliphatic rings. The molecule has 0 unspecified atom stereocenters. The molecule has 1 aromatic carbocycles. The van der Waals surface area contributed by atoms with Gasteiger partial charge in [0.25, 0.3) is 0 Å². The topological polar surface area (TPSA) is 38.7 Å². The standard InChI is InChI=1S/C19H36O3Si2/c1-16(2)21-23(5,6)14-19(20,18-12-10-9-11-13-18)15-24(7,8)22-17(3)4/h9-13,16-17,20H,14-15H2,1-8H3. The second-order valence-electron chi connectivity index (χ2n) is 8.60. The molecule has 0 bridgehead atoms. The highest BCUT2D eigenvalue weighted by molar-refractivity contribution is 6.73. The molecular weight excluding hydrogens is 332 g/mol. The minimum atomic E-state index is -2.01. The van der Waals surface area contributed by atoms with Gasteiger partial charge in [-0.25, -0.2) is 0 Å². The van der Waals surface area contributed by atoms with E-state index in [1.54, 1.807) is 0 Å². The lowest BCUT2D eigenvalue weighted by molar-refractivity contribution is 0.0615. The average molecular weight is 369 g/mol. The van der Waals surface area contributed by atoms with Crippen LogP contribution in [0.15, 0.2) is 30.3 Å². The second-order valence-corrected chi connectivity index (χ2v) is 16.8. The lowest BCUT2D eigenvalue weighted by atomic mass is 9.98. The van der Waals surface area contributed by atoms with E-state index >= 15 is 0 Å². The van der Waals surface area contributed by atoms with E-state index in [9.17, 15) is 5.11 Å². The van der Waals surface area contributed by atoms with Crippen molar-refractivity contribution < 1.29 is 14.0 Å². The molecule has 1 N–H and O–H groups in total. The monoisotopic (exact) mass is 368 g/mol. The number of hydrogen-bond donors (Lipinski definition) is 1. The Balaban J connectivity index is 3.13. The molecule has 0 atom stereocenters. The van der Waals surface area contributed by atoms with Crippen molar-refractivity contribution in [1.29, 1.82) is 0 Å². The van der Waals surface area contributed by atoms with Crippen molar-refractivity contribution in [3.8, 4) is 0 Å². The normalized spacial score (nSPS) is 13.8. The van der Waals surface area contributed by atoms with Crippen LogP contribution >= 0.6 is 0 Å². The summed E-state index contributed by atoms with van der Waals surface area (Å²) in [6.45, 7) is 17.0. The van der Waals surface area contributed by atoms with E-state index in [0.717, 1.165) is 5.56 Å². The van der Waals surface area contributed by atoms with Gasteiger partial charge in [0.05, 0.1) is 5.60 Å². The third-order valence-electron chi connectivity index (χ3n) is 3.86. The van der Waals surface area contributed by atoms with Gasteiger partial charge in [0.1, 0.15) is 0 Å². The van der Waals surface area contributed by atoms with Gasteiger partial charge in [0.15, 0.2) is 16.6 Å². The molecule has 3 nitrogen and oxygen atoms in total. The lowest BCUT2D eigenvalue weighted by Gasteiger charge is -2.40. The maximum absolute atomic E-state index is 11.7. The summed E-state index contributed by atoms with van der Waals surface area (Å²) in [6.07, 6.45) is 0.368. The Morgan fingerprint density at radius 3 is 1.54 bits per heavy atom. The van der Waals surface area contributed by atoms with E-state index in [0.29, 0.717) is 12.1 Å². The van der Waals surface area contributed by atoms with Crippen LogP contribution in [0.4, 0.5) is 0 Å². The smallest absolute Gasteiger partial charge is 0.190 e. The Labute approximate surface area is 150 Å². The predicted octanol–water partition coefficient (Wildman–Crippen LogP) is 5.13. The second kappa shape index (κ2) is 8.28. The zero-order chi connectivity index (χ0) is 18.6. The number of benzene rings is 1. The molecule has 0 radical (unpaired) electrons. The maximum Gasteiger partial charge on any atom is 0.190 e. The van der Waals surface area contributed by atoms with Gasteiger partial charge >= 0.3 is 0 Å². The molecule has 0 spiro atoms. The van der Waals surface area contributed by atoms with Gasteiger partial charge in [-0.1, -0.05) is 30.3 Å². The molecule has 0 fully saturated rings.